The third-order valence-corrected chi connectivity index (χ3v) is 8.24. The van der Waals surface area contributed by atoms with E-state index in [1.807, 2.05) is 19.1 Å². The molecule has 1 amide bonds. The van der Waals surface area contributed by atoms with Crippen LogP contribution in [0.15, 0.2) is 36.4 Å². The topological polar surface area (TPSA) is 75.7 Å². The van der Waals surface area contributed by atoms with Crippen LogP contribution in [-0.4, -0.2) is 44.9 Å². The number of hydrogen-bond donors (Lipinski definition) is 1. The summed E-state index contributed by atoms with van der Waals surface area (Å²) in [6, 6.07) is 10.3. The monoisotopic (exact) mass is 518 g/mol. The fraction of sp³-hybridized carbons (Fsp3) is 0.409. The number of nitrogens with one attached hydrogen (secondary N) is 1. The predicted molar refractivity (Wildman–Crippen MR) is 128 cm³/mol. The number of halogens is 3. The molecule has 3 rings (SSSR count). The van der Waals surface area contributed by atoms with E-state index in [1.54, 1.807) is 24.3 Å². The van der Waals surface area contributed by atoms with Gasteiger partial charge in [0.1, 0.15) is 12.4 Å². The molecule has 0 aromatic heterocycles. The second-order valence-corrected chi connectivity index (χ2v) is 10.9. The summed E-state index contributed by atoms with van der Waals surface area (Å²) in [7, 11) is -3.67. The highest BCUT2D eigenvalue weighted by molar-refractivity contribution is 7.88. The van der Waals surface area contributed by atoms with Crippen LogP contribution in [-0.2, 0) is 20.6 Å². The average molecular weight is 520 g/mol. The van der Waals surface area contributed by atoms with E-state index < -0.39 is 15.9 Å². The number of rotatable bonds is 8. The van der Waals surface area contributed by atoms with Crippen molar-refractivity contribution in [1.29, 1.82) is 0 Å². The Morgan fingerprint density at radius 2 is 1.88 bits per heavy atom. The van der Waals surface area contributed by atoms with E-state index in [1.165, 1.54) is 4.31 Å². The fourth-order valence-electron chi connectivity index (χ4n) is 3.50. The van der Waals surface area contributed by atoms with E-state index >= 15 is 0 Å². The summed E-state index contributed by atoms with van der Waals surface area (Å²) in [4.78, 5) is 12.6. The molecule has 1 aliphatic rings. The first-order valence-corrected chi connectivity index (χ1v) is 13.0. The van der Waals surface area contributed by atoms with Crippen molar-refractivity contribution < 1.29 is 17.9 Å². The zero-order chi connectivity index (χ0) is 23.3. The second-order valence-electron chi connectivity index (χ2n) is 7.70. The van der Waals surface area contributed by atoms with Crippen molar-refractivity contribution in [2.24, 2.45) is 5.92 Å². The lowest BCUT2D eigenvalue weighted by molar-refractivity contribution is -0.126. The third kappa shape index (κ3) is 6.51. The van der Waals surface area contributed by atoms with Gasteiger partial charge in [-0.15, -0.1) is 0 Å². The van der Waals surface area contributed by atoms with Crippen LogP contribution < -0.4 is 10.1 Å². The summed E-state index contributed by atoms with van der Waals surface area (Å²) in [6.45, 7) is 2.99. The van der Waals surface area contributed by atoms with Crippen LogP contribution in [0.2, 0.25) is 15.1 Å². The van der Waals surface area contributed by atoms with Crippen LogP contribution in [0.5, 0.6) is 5.75 Å². The van der Waals surface area contributed by atoms with Gasteiger partial charge >= 0.3 is 0 Å². The minimum Gasteiger partial charge on any atom is -0.492 e. The molecule has 0 spiro atoms. The number of benzene rings is 2. The number of ether oxygens (including phenoxy) is 1. The van der Waals surface area contributed by atoms with Crippen LogP contribution in [0, 0.1) is 12.8 Å². The van der Waals surface area contributed by atoms with Crippen molar-refractivity contribution >= 4 is 50.7 Å². The maximum atomic E-state index is 12.9. The smallest absolute Gasteiger partial charge is 0.224 e. The number of sulfonamides is 1. The van der Waals surface area contributed by atoms with Gasteiger partial charge in [-0.1, -0.05) is 46.9 Å². The summed E-state index contributed by atoms with van der Waals surface area (Å²) in [5, 5.41) is 4.06. The van der Waals surface area contributed by atoms with E-state index in [4.69, 9.17) is 39.5 Å². The van der Waals surface area contributed by atoms with E-state index in [9.17, 15) is 13.2 Å². The van der Waals surface area contributed by atoms with E-state index in [0.717, 1.165) is 5.56 Å². The molecule has 1 aliphatic heterocycles. The van der Waals surface area contributed by atoms with Crippen LogP contribution in [0.4, 0.5) is 0 Å². The number of piperidine rings is 1. The Bertz CT molecular complexity index is 1060. The molecule has 0 radical (unpaired) electrons. The van der Waals surface area contributed by atoms with Gasteiger partial charge in [-0.25, -0.2) is 12.7 Å². The molecule has 1 N–H and O–H groups in total. The van der Waals surface area contributed by atoms with Gasteiger partial charge in [-0.3, -0.25) is 4.79 Å². The number of nitrogens with zero attached hydrogens (tertiary/aromatic N) is 1. The van der Waals surface area contributed by atoms with Gasteiger partial charge in [0.2, 0.25) is 15.9 Å². The molecule has 1 heterocycles. The Morgan fingerprint density at radius 3 is 2.56 bits per heavy atom. The van der Waals surface area contributed by atoms with Crippen LogP contribution >= 0.6 is 34.8 Å². The normalized spacial score (nSPS) is 17.2. The first-order chi connectivity index (χ1) is 15.2. The summed E-state index contributed by atoms with van der Waals surface area (Å²) < 4.78 is 32.9. The van der Waals surface area contributed by atoms with Crippen LogP contribution in [0.1, 0.15) is 24.0 Å². The standard InChI is InChI=1S/C22H25Cl3N2O4S/c1-15-7-8-17(12-21(15)25)31-11-9-26-22(28)16-4-3-10-27(13-16)32(29,30)14-18-19(23)5-2-6-20(18)24/h2,5-8,12,16H,3-4,9-11,13-14H2,1H3,(H,26,28)/t16-/m1/s1. The highest BCUT2D eigenvalue weighted by atomic mass is 35.5. The van der Waals surface area contributed by atoms with Crippen LogP contribution in [0.3, 0.4) is 0 Å². The molecular formula is C22H25Cl3N2O4S. The Hall–Kier alpha value is -1.51. The van der Waals surface area contributed by atoms with Crippen molar-refractivity contribution in [3.63, 3.8) is 0 Å². The maximum absolute atomic E-state index is 12.9. The molecule has 1 atom stereocenters. The zero-order valence-corrected chi connectivity index (χ0v) is 20.7. The van der Waals surface area contributed by atoms with Gasteiger partial charge in [0.25, 0.3) is 0 Å². The molecular weight excluding hydrogens is 495 g/mol. The summed E-state index contributed by atoms with van der Waals surface area (Å²) in [5.74, 6) is -0.282. The second kappa shape index (κ2) is 11.1. The number of carbonyl (C=O) groups is 1. The minimum absolute atomic E-state index is 0.130. The molecule has 0 unspecified atom stereocenters. The van der Waals surface area contributed by atoms with E-state index in [0.29, 0.717) is 52.3 Å². The molecule has 2 aromatic carbocycles. The first-order valence-electron chi connectivity index (χ1n) is 10.2. The van der Waals surface area contributed by atoms with Gasteiger partial charge in [0, 0.05) is 33.7 Å². The van der Waals surface area contributed by atoms with Gasteiger partial charge in [-0.05, 0) is 49.6 Å². The number of amides is 1. The molecule has 6 nitrogen and oxygen atoms in total. The predicted octanol–water partition coefficient (Wildman–Crippen LogP) is 4.69. The molecule has 0 saturated carbocycles. The molecule has 1 saturated heterocycles. The quantitative estimate of drug-likeness (QED) is 0.513. The van der Waals surface area contributed by atoms with Crippen LogP contribution in [0.25, 0.3) is 0 Å². The van der Waals surface area contributed by atoms with Gasteiger partial charge in [0.05, 0.1) is 18.2 Å². The Labute approximate surface area is 203 Å². The van der Waals surface area contributed by atoms with Crippen molar-refractivity contribution in [1.82, 2.24) is 9.62 Å². The zero-order valence-electron chi connectivity index (χ0n) is 17.6. The highest BCUT2D eigenvalue weighted by Crippen LogP contribution is 2.29. The number of aryl methyl sites for hydroxylation is 1. The van der Waals surface area contributed by atoms with E-state index in [-0.39, 0.29) is 24.8 Å². The maximum Gasteiger partial charge on any atom is 0.224 e. The Morgan fingerprint density at radius 1 is 1.16 bits per heavy atom. The molecule has 174 valence electrons. The SMILES string of the molecule is Cc1ccc(OCCNC(=O)[C@@H]2CCCN(S(=O)(=O)Cc3c(Cl)cccc3Cl)C2)cc1Cl. The lowest BCUT2D eigenvalue weighted by atomic mass is 9.99. The third-order valence-electron chi connectivity index (χ3n) is 5.35. The molecule has 0 aliphatic carbocycles. The van der Waals surface area contributed by atoms with Gasteiger partial charge in [0.15, 0.2) is 0 Å². The molecule has 2 aromatic rings. The number of carbonyl (C=O) groups excluding carboxylic acids is 1. The van der Waals surface area contributed by atoms with Crippen molar-refractivity contribution in [2.75, 3.05) is 26.2 Å². The molecule has 0 bridgehead atoms. The first kappa shape index (κ1) is 25.1. The average Bonchev–Trinajstić information content (AvgIpc) is 2.76. The van der Waals surface area contributed by atoms with Crippen molar-refractivity contribution in [3.05, 3.63) is 62.6 Å². The molecule has 10 heteroatoms. The lowest BCUT2D eigenvalue weighted by Crippen LogP contribution is -2.46. The molecule has 1 fully saturated rings. The van der Waals surface area contributed by atoms with Crippen molar-refractivity contribution in [3.8, 4) is 5.75 Å². The minimum atomic E-state index is -3.67. The van der Waals surface area contributed by atoms with E-state index in [2.05, 4.69) is 5.32 Å². The Balaban J connectivity index is 1.52. The summed E-state index contributed by atoms with van der Waals surface area (Å²) >= 11 is 18.3. The van der Waals surface area contributed by atoms with Gasteiger partial charge in [-0.2, -0.15) is 0 Å². The molecule has 32 heavy (non-hydrogen) atoms. The van der Waals surface area contributed by atoms with Crippen molar-refractivity contribution in [2.45, 2.75) is 25.5 Å². The lowest BCUT2D eigenvalue weighted by Gasteiger charge is -2.31. The largest absolute Gasteiger partial charge is 0.492 e. The number of hydrogen-bond acceptors (Lipinski definition) is 4. The summed E-state index contributed by atoms with van der Waals surface area (Å²) in [6.07, 6.45) is 1.23. The summed E-state index contributed by atoms with van der Waals surface area (Å²) in [5.41, 5.74) is 1.33. The Kier molecular flexibility index (Phi) is 8.69. The fourth-order valence-corrected chi connectivity index (χ4v) is 6.04. The van der Waals surface area contributed by atoms with Gasteiger partial charge < -0.3 is 10.1 Å². The highest BCUT2D eigenvalue weighted by Gasteiger charge is 2.33.